The zero-order valence-electron chi connectivity index (χ0n) is 19.3. The van der Waals surface area contributed by atoms with Gasteiger partial charge in [-0.1, -0.05) is 101 Å². The summed E-state index contributed by atoms with van der Waals surface area (Å²) in [6, 6.07) is 20.2. The minimum absolute atomic E-state index is 0. The first-order chi connectivity index (χ1) is 15.3. The van der Waals surface area contributed by atoms with Gasteiger partial charge in [0.25, 0.3) is 5.91 Å². The molecule has 5 heteroatoms. The second-order valence-corrected chi connectivity index (χ2v) is 10.2. The summed E-state index contributed by atoms with van der Waals surface area (Å²) in [5.41, 5.74) is 1.77. The van der Waals surface area contributed by atoms with Crippen LogP contribution in [0.5, 0.6) is 0 Å². The maximum atomic E-state index is 13.0. The van der Waals surface area contributed by atoms with Crippen LogP contribution in [0.15, 0.2) is 60.7 Å². The van der Waals surface area contributed by atoms with Crippen molar-refractivity contribution in [3.05, 3.63) is 71.8 Å². The van der Waals surface area contributed by atoms with Crippen LogP contribution in [0.2, 0.25) is 0 Å². The largest absolute Gasteiger partial charge is 0.325 e. The van der Waals surface area contributed by atoms with E-state index in [0.29, 0.717) is 25.1 Å². The third kappa shape index (κ3) is 6.57. The fraction of sp³-hybridized carbons (Fsp3) is 0.464. The van der Waals surface area contributed by atoms with Crippen LogP contribution in [0.1, 0.15) is 70.9 Å². The molecule has 1 fully saturated rings. The van der Waals surface area contributed by atoms with Gasteiger partial charge in [-0.25, -0.2) is 0 Å². The summed E-state index contributed by atoms with van der Waals surface area (Å²) in [5.74, 6) is -0.0103. The topological polar surface area (TPSA) is 54.5 Å². The Morgan fingerprint density at radius 3 is 2.06 bits per heavy atom. The normalized spacial score (nSPS) is 15.9. The summed E-state index contributed by atoms with van der Waals surface area (Å²) < 4.78 is 0. The molecule has 0 saturated carbocycles. The zero-order chi connectivity index (χ0) is 23.1. The van der Waals surface area contributed by atoms with Crippen molar-refractivity contribution >= 4 is 28.6 Å². The molecule has 4 nitrogen and oxygen atoms in total. The van der Waals surface area contributed by atoms with Gasteiger partial charge in [0.1, 0.15) is 6.04 Å². The quantitative estimate of drug-likeness (QED) is 0.418. The maximum absolute atomic E-state index is 13.0. The Labute approximate surface area is 203 Å². The molecular weight excluding hydrogens is 430 g/mol. The highest BCUT2D eigenvalue weighted by Gasteiger charge is 2.41. The molecule has 0 aliphatic carbocycles. The summed E-state index contributed by atoms with van der Waals surface area (Å²) in [4.78, 5) is 40.0. The number of benzene rings is 2. The molecule has 178 valence electrons. The lowest BCUT2D eigenvalue weighted by Gasteiger charge is -2.27. The molecular formula is C28H37NO3S. The fourth-order valence-electron chi connectivity index (χ4n) is 4.11. The molecule has 3 rings (SSSR count). The Hall–Kier alpha value is -2.40. The van der Waals surface area contributed by atoms with Gasteiger partial charge in [-0.3, -0.25) is 14.4 Å². The van der Waals surface area contributed by atoms with Crippen LogP contribution >= 0.6 is 11.8 Å². The predicted octanol–water partition coefficient (Wildman–Crippen LogP) is 6.10. The van der Waals surface area contributed by atoms with E-state index < -0.39 is 23.1 Å². The van der Waals surface area contributed by atoms with Crippen molar-refractivity contribution in [3.8, 4) is 0 Å². The summed E-state index contributed by atoms with van der Waals surface area (Å²) in [7, 11) is 0. The molecule has 2 aromatic carbocycles. The highest BCUT2D eigenvalue weighted by molar-refractivity contribution is 8.13. The number of carbonyl (C=O) groups excluding carboxylic acids is 3. The molecule has 1 heterocycles. The van der Waals surface area contributed by atoms with Gasteiger partial charge in [-0.05, 0) is 36.8 Å². The number of thioether (sulfide) groups is 1. The average molecular weight is 468 g/mol. The smallest absolute Gasteiger partial charge is 0.291 e. The van der Waals surface area contributed by atoms with Gasteiger partial charge in [0.2, 0.25) is 10.9 Å². The molecule has 1 amide bonds. The second-order valence-electron chi connectivity index (χ2n) is 9.05. The van der Waals surface area contributed by atoms with Crippen LogP contribution in [-0.2, 0) is 14.4 Å². The van der Waals surface area contributed by atoms with Crippen LogP contribution in [0.3, 0.4) is 0 Å². The molecule has 0 N–H and O–H groups in total. The number of nitrogens with zero attached hydrogens (tertiary/aromatic N) is 1. The Morgan fingerprint density at radius 2 is 1.55 bits per heavy atom. The van der Waals surface area contributed by atoms with Crippen molar-refractivity contribution in [1.29, 1.82) is 0 Å². The molecule has 1 aliphatic rings. The van der Waals surface area contributed by atoms with Crippen LogP contribution < -0.4 is 0 Å². The van der Waals surface area contributed by atoms with E-state index in [0.717, 1.165) is 12.8 Å². The van der Waals surface area contributed by atoms with Crippen molar-refractivity contribution in [2.45, 2.75) is 65.8 Å². The minimum atomic E-state index is -0.695. The standard InChI is InChI=1S/C27H33NO3S.CH4/c1-4-27(2,3)24(29)25(30)28-18-11-16-23(28)26(31)32-19-17-22(20-12-7-5-8-13-20)21-14-9-6-10-15-21;/h5-10,12-15,22-23H,4,11,16-19H2,1-3H3;1H4/t23-;/m0./s1. The monoisotopic (exact) mass is 467 g/mol. The lowest BCUT2D eigenvalue weighted by molar-refractivity contribution is -0.150. The Balaban J connectivity index is 0.00000385. The molecule has 0 spiro atoms. The molecule has 0 unspecified atom stereocenters. The van der Waals surface area contributed by atoms with E-state index in [-0.39, 0.29) is 18.5 Å². The van der Waals surface area contributed by atoms with Gasteiger partial charge in [0.05, 0.1) is 0 Å². The number of ketones is 1. The first-order valence-corrected chi connectivity index (χ1v) is 12.5. The first-order valence-electron chi connectivity index (χ1n) is 11.5. The fourth-order valence-corrected chi connectivity index (χ4v) is 5.10. The lowest BCUT2D eigenvalue weighted by Crippen LogP contribution is -2.47. The summed E-state index contributed by atoms with van der Waals surface area (Å²) in [6.45, 7) is 5.98. The summed E-state index contributed by atoms with van der Waals surface area (Å²) in [5, 5.41) is -0.00201. The molecule has 0 aromatic heterocycles. The lowest BCUT2D eigenvalue weighted by atomic mass is 9.84. The van der Waals surface area contributed by atoms with E-state index in [4.69, 9.17) is 0 Å². The third-order valence-electron chi connectivity index (χ3n) is 6.53. The maximum Gasteiger partial charge on any atom is 0.291 e. The highest BCUT2D eigenvalue weighted by atomic mass is 32.2. The van der Waals surface area contributed by atoms with Crippen molar-refractivity contribution in [2.24, 2.45) is 5.41 Å². The Bertz CT molecular complexity index is 887. The number of Topliss-reactive ketones (excluding diaryl/α,β-unsaturated/α-hetero) is 1. The SMILES string of the molecule is C.CCC(C)(C)C(=O)C(=O)N1CCC[C@H]1C(=O)SCCC(c1ccccc1)c1ccccc1. The average Bonchev–Trinajstić information content (AvgIpc) is 3.32. The van der Waals surface area contributed by atoms with Gasteiger partial charge < -0.3 is 4.90 Å². The van der Waals surface area contributed by atoms with E-state index in [1.807, 2.05) is 43.3 Å². The number of likely N-dealkylation sites (tertiary alicyclic amines) is 1. The highest BCUT2D eigenvalue weighted by Crippen LogP contribution is 2.31. The summed E-state index contributed by atoms with van der Waals surface area (Å²) in [6.07, 6.45) is 2.82. The van der Waals surface area contributed by atoms with Crippen molar-refractivity contribution in [1.82, 2.24) is 4.90 Å². The van der Waals surface area contributed by atoms with Gasteiger partial charge in [0, 0.05) is 23.6 Å². The van der Waals surface area contributed by atoms with E-state index >= 15 is 0 Å². The number of amides is 1. The van der Waals surface area contributed by atoms with E-state index in [1.54, 1.807) is 13.8 Å². The van der Waals surface area contributed by atoms with Gasteiger partial charge >= 0.3 is 0 Å². The third-order valence-corrected chi connectivity index (χ3v) is 7.53. The number of rotatable bonds is 9. The molecule has 1 aliphatic heterocycles. The number of carbonyl (C=O) groups is 3. The van der Waals surface area contributed by atoms with E-state index in [2.05, 4.69) is 24.3 Å². The molecule has 0 bridgehead atoms. The van der Waals surface area contributed by atoms with E-state index in [1.165, 1.54) is 27.8 Å². The van der Waals surface area contributed by atoms with Crippen molar-refractivity contribution in [2.75, 3.05) is 12.3 Å². The number of hydrogen-bond acceptors (Lipinski definition) is 4. The van der Waals surface area contributed by atoms with Crippen molar-refractivity contribution < 1.29 is 14.4 Å². The molecule has 0 radical (unpaired) electrons. The van der Waals surface area contributed by atoms with Gasteiger partial charge in [-0.15, -0.1) is 0 Å². The van der Waals surface area contributed by atoms with Crippen LogP contribution in [0.4, 0.5) is 0 Å². The van der Waals surface area contributed by atoms with E-state index in [9.17, 15) is 14.4 Å². The summed E-state index contributed by atoms with van der Waals surface area (Å²) >= 11 is 1.29. The zero-order valence-corrected chi connectivity index (χ0v) is 20.1. The van der Waals surface area contributed by atoms with Crippen LogP contribution in [0.25, 0.3) is 0 Å². The Kier molecular flexibility index (Phi) is 9.90. The molecule has 2 aromatic rings. The molecule has 1 saturated heterocycles. The number of hydrogen-bond donors (Lipinski definition) is 0. The molecule has 1 atom stereocenters. The molecule has 33 heavy (non-hydrogen) atoms. The minimum Gasteiger partial charge on any atom is -0.325 e. The van der Waals surface area contributed by atoms with Crippen LogP contribution in [-0.4, -0.2) is 40.0 Å². The first kappa shape index (κ1) is 26.8. The Morgan fingerprint density at radius 1 is 1.00 bits per heavy atom. The predicted molar refractivity (Wildman–Crippen MR) is 137 cm³/mol. The van der Waals surface area contributed by atoms with Gasteiger partial charge in [-0.2, -0.15) is 0 Å². The van der Waals surface area contributed by atoms with Crippen molar-refractivity contribution in [3.63, 3.8) is 0 Å². The second kappa shape index (κ2) is 12.2. The van der Waals surface area contributed by atoms with Gasteiger partial charge in [0.15, 0.2) is 0 Å². The van der Waals surface area contributed by atoms with Crippen LogP contribution in [0, 0.1) is 5.41 Å².